The third-order valence-electron chi connectivity index (χ3n) is 4.22. The molecule has 1 amide bonds. The second kappa shape index (κ2) is 8.06. The summed E-state index contributed by atoms with van der Waals surface area (Å²) in [6, 6.07) is 16.6. The molecule has 2 aromatic carbocycles. The minimum atomic E-state index is -0.342. The maximum Gasteiger partial charge on any atom is 0.260 e. The minimum absolute atomic E-state index is 0.342. The second-order valence-corrected chi connectivity index (χ2v) is 7.54. The zero-order valence-electron chi connectivity index (χ0n) is 15.7. The van der Waals surface area contributed by atoms with E-state index in [0.717, 1.165) is 17.0 Å². The molecule has 0 aliphatic rings. The number of aryl methyl sites for hydroxylation is 1. The molecular formula is C21H17ClN4O2S. The first kappa shape index (κ1) is 19.2. The Balaban J connectivity index is 1.65. The van der Waals surface area contributed by atoms with Crippen molar-refractivity contribution in [2.75, 3.05) is 12.4 Å². The van der Waals surface area contributed by atoms with Gasteiger partial charge < -0.3 is 10.1 Å². The number of halogens is 1. The predicted octanol–water partition coefficient (Wildman–Crippen LogP) is 5.22. The number of carbonyl (C=O) groups excluding carboxylic acids is 1. The minimum Gasteiger partial charge on any atom is -0.496 e. The highest BCUT2D eigenvalue weighted by atomic mass is 35.5. The monoisotopic (exact) mass is 424 g/mol. The van der Waals surface area contributed by atoms with Gasteiger partial charge in [0.05, 0.1) is 24.1 Å². The molecule has 2 aromatic heterocycles. The summed E-state index contributed by atoms with van der Waals surface area (Å²) in [4.78, 5) is 17.5. The van der Waals surface area contributed by atoms with E-state index in [1.165, 1.54) is 18.4 Å². The van der Waals surface area contributed by atoms with E-state index < -0.39 is 0 Å². The van der Waals surface area contributed by atoms with Crippen LogP contribution in [0.15, 0.2) is 60.0 Å². The molecular weight excluding hydrogens is 408 g/mol. The molecule has 6 nitrogen and oxygen atoms in total. The van der Waals surface area contributed by atoms with Crippen LogP contribution >= 0.6 is 22.9 Å². The number of carbonyl (C=O) groups is 1. The van der Waals surface area contributed by atoms with E-state index in [4.69, 9.17) is 16.3 Å². The molecule has 2 heterocycles. The first-order valence-corrected chi connectivity index (χ1v) is 10.0. The van der Waals surface area contributed by atoms with Crippen molar-refractivity contribution in [1.29, 1.82) is 0 Å². The molecule has 0 bridgehead atoms. The molecule has 0 atom stereocenters. The zero-order chi connectivity index (χ0) is 20.4. The summed E-state index contributed by atoms with van der Waals surface area (Å²) in [5, 5.41) is 10.4. The predicted molar refractivity (Wildman–Crippen MR) is 115 cm³/mol. The molecule has 8 heteroatoms. The van der Waals surface area contributed by atoms with Gasteiger partial charge in [-0.3, -0.25) is 4.79 Å². The molecule has 0 aliphatic heterocycles. The van der Waals surface area contributed by atoms with Crippen molar-refractivity contribution in [3.8, 4) is 22.1 Å². The molecule has 4 rings (SSSR count). The molecule has 0 saturated heterocycles. The molecule has 4 aromatic rings. The van der Waals surface area contributed by atoms with Crippen LogP contribution in [0.1, 0.15) is 16.1 Å². The Morgan fingerprint density at radius 1 is 1.17 bits per heavy atom. The average Bonchev–Trinajstić information content (AvgIpc) is 3.35. The summed E-state index contributed by atoms with van der Waals surface area (Å²) in [7, 11) is 1.51. The third kappa shape index (κ3) is 4.01. The van der Waals surface area contributed by atoms with Gasteiger partial charge in [0.2, 0.25) is 5.13 Å². The van der Waals surface area contributed by atoms with Crippen LogP contribution in [0.25, 0.3) is 16.4 Å². The first-order chi connectivity index (χ1) is 14.0. The molecule has 1 N–H and O–H groups in total. The van der Waals surface area contributed by atoms with Crippen molar-refractivity contribution in [3.63, 3.8) is 0 Å². The lowest BCUT2D eigenvalue weighted by Crippen LogP contribution is -2.16. The highest BCUT2D eigenvalue weighted by molar-refractivity contribution is 7.12. The summed E-state index contributed by atoms with van der Waals surface area (Å²) in [5.74, 6) is 0.615. The van der Waals surface area contributed by atoms with E-state index in [2.05, 4.69) is 15.4 Å². The van der Waals surface area contributed by atoms with E-state index in [1.807, 2.05) is 42.6 Å². The normalized spacial score (nSPS) is 10.7. The van der Waals surface area contributed by atoms with E-state index in [9.17, 15) is 4.79 Å². The van der Waals surface area contributed by atoms with Crippen LogP contribution in [-0.2, 0) is 0 Å². The number of rotatable bonds is 5. The number of benzene rings is 2. The van der Waals surface area contributed by atoms with Gasteiger partial charge >= 0.3 is 0 Å². The van der Waals surface area contributed by atoms with Crippen molar-refractivity contribution in [2.45, 2.75) is 6.92 Å². The summed E-state index contributed by atoms with van der Waals surface area (Å²) in [6.07, 6.45) is 0. The number of nitrogens with one attached hydrogen (secondary N) is 1. The van der Waals surface area contributed by atoms with E-state index in [1.54, 1.807) is 28.9 Å². The number of aromatic nitrogens is 3. The highest BCUT2D eigenvalue weighted by Gasteiger charge is 2.18. The van der Waals surface area contributed by atoms with Crippen molar-refractivity contribution < 1.29 is 9.53 Å². The standard InChI is InChI=1S/C21H17ClN4O2S/c1-13-10-19(24-20(27)16-11-15(22)8-9-18(16)28-2)26(25-13)21-23-17(12-29-21)14-6-4-3-5-7-14/h3-12H,1-2H3,(H,24,27). The Labute approximate surface area is 176 Å². The lowest BCUT2D eigenvalue weighted by molar-refractivity contribution is 0.102. The van der Waals surface area contributed by atoms with Gasteiger partial charge in [-0.2, -0.15) is 9.78 Å². The summed E-state index contributed by atoms with van der Waals surface area (Å²) < 4.78 is 6.91. The SMILES string of the molecule is COc1ccc(Cl)cc1C(=O)Nc1cc(C)nn1-c1nc(-c2ccccc2)cs1. The Kier molecular flexibility index (Phi) is 5.33. The summed E-state index contributed by atoms with van der Waals surface area (Å²) in [6.45, 7) is 1.86. The number of hydrogen-bond donors (Lipinski definition) is 1. The number of amides is 1. The molecule has 29 heavy (non-hydrogen) atoms. The maximum atomic E-state index is 12.9. The Hall–Kier alpha value is -3.16. The van der Waals surface area contributed by atoms with Gasteiger partial charge in [-0.05, 0) is 25.1 Å². The highest BCUT2D eigenvalue weighted by Crippen LogP contribution is 2.28. The van der Waals surface area contributed by atoms with E-state index in [-0.39, 0.29) is 5.91 Å². The summed E-state index contributed by atoms with van der Waals surface area (Å²) >= 11 is 7.50. The Morgan fingerprint density at radius 2 is 1.97 bits per heavy atom. The number of thiazole rings is 1. The van der Waals surface area contributed by atoms with Gasteiger partial charge in [-0.25, -0.2) is 4.98 Å². The average molecular weight is 425 g/mol. The maximum absolute atomic E-state index is 12.9. The van der Waals surface area contributed by atoms with Crippen molar-refractivity contribution in [2.24, 2.45) is 0 Å². The van der Waals surface area contributed by atoms with Crippen LogP contribution < -0.4 is 10.1 Å². The molecule has 0 unspecified atom stereocenters. The topological polar surface area (TPSA) is 69.0 Å². The van der Waals surface area contributed by atoms with Gasteiger partial charge in [0.15, 0.2) is 0 Å². The van der Waals surface area contributed by atoms with Crippen molar-refractivity contribution >= 4 is 34.7 Å². The van der Waals surface area contributed by atoms with Gasteiger partial charge in [-0.1, -0.05) is 41.9 Å². The van der Waals surface area contributed by atoms with Crippen LogP contribution in [-0.4, -0.2) is 27.8 Å². The largest absolute Gasteiger partial charge is 0.496 e. The number of anilines is 1. The van der Waals surface area contributed by atoms with E-state index >= 15 is 0 Å². The first-order valence-electron chi connectivity index (χ1n) is 8.78. The smallest absolute Gasteiger partial charge is 0.260 e. The fraction of sp³-hybridized carbons (Fsp3) is 0.0952. The Morgan fingerprint density at radius 3 is 2.72 bits per heavy atom. The summed E-state index contributed by atoms with van der Waals surface area (Å²) in [5.41, 5.74) is 2.98. The van der Waals surface area contributed by atoms with Crippen molar-refractivity contribution in [3.05, 3.63) is 76.3 Å². The van der Waals surface area contributed by atoms with Gasteiger partial charge in [0.1, 0.15) is 11.6 Å². The van der Waals surface area contributed by atoms with Gasteiger partial charge in [-0.15, -0.1) is 11.3 Å². The van der Waals surface area contributed by atoms with Crippen LogP contribution in [0.5, 0.6) is 5.75 Å². The second-order valence-electron chi connectivity index (χ2n) is 6.26. The molecule has 0 spiro atoms. The quantitative estimate of drug-likeness (QED) is 0.477. The molecule has 0 aliphatic carbocycles. The number of nitrogens with zero attached hydrogens (tertiary/aromatic N) is 3. The number of hydrogen-bond acceptors (Lipinski definition) is 5. The zero-order valence-corrected chi connectivity index (χ0v) is 17.3. The molecule has 0 radical (unpaired) electrons. The van der Waals surface area contributed by atoms with Crippen LogP contribution in [0.4, 0.5) is 5.82 Å². The van der Waals surface area contributed by atoms with Gasteiger partial charge in [0.25, 0.3) is 5.91 Å². The third-order valence-corrected chi connectivity index (χ3v) is 5.27. The fourth-order valence-corrected chi connectivity index (χ4v) is 3.85. The van der Waals surface area contributed by atoms with Crippen LogP contribution in [0.2, 0.25) is 5.02 Å². The lowest BCUT2D eigenvalue weighted by Gasteiger charge is -2.10. The number of ether oxygens (including phenoxy) is 1. The fourth-order valence-electron chi connectivity index (χ4n) is 2.88. The molecule has 146 valence electrons. The molecule has 0 saturated carbocycles. The molecule has 0 fully saturated rings. The number of methoxy groups -OCH3 is 1. The van der Waals surface area contributed by atoms with Crippen LogP contribution in [0, 0.1) is 6.92 Å². The van der Waals surface area contributed by atoms with Crippen molar-refractivity contribution in [1.82, 2.24) is 14.8 Å². The van der Waals surface area contributed by atoms with E-state index in [0.29, 0.717) is 27.3 Å². The Bertz CT molecular complexity index is 1170. The van der Waals surface area contributed by atoms with Crippen LogP contribution in [0.3, 0.4) is 0 Å². The lowest BCUT2D eigenvalue weighted by atomic mass is 10.2. The van der Waals surface area contributed by atoms with Gasteiger partial charge in [0, 0.05) is 22.0 Å².